The second kappa shape index (κ2) is 15.0. The van der Waals surface area contributed by atoms with Gasteiger partial charge in [-0.1, -0.05) is 67.1 Å². The van der Waals surface area contributed by atoms with Crippen LogP contribution in [0.5, 0.6) is 11.5 Å². The lowest BCUT2D eigenvalue weighted by molar-refractivity contribution is -0.141. The van der Waals surface area contributed by atoms with Crippen molar-refractivity contribution in [1.82, 2.24) is 10.2 Å². The molecule has 0 bridgehead atoms. The zero-order valence-corrected chi connectivity index (χ0v) is 23.1. The van der Waals surface area contributed by atoms with Crippen LogP contribution in [-0.4, -0.2) is 42.5 Å². The van der Waals surface area contributed by atoms with Gasteiger partial charge in [-0.3, -0.25) is 9.59 Å². The summed E-state index contributed by atoms with van der Waals surface area (Å²) in [6.07, 6.45) is 1.95. The first-order chi connectivity index (χ1) is 18.4. The summed E-state index contributed by atoms with van der Waals surface area (Å²) in [5, 5.41) is 3.65. The third-order valence-electron chi connectivity index (χ3n) is 6.43. The van der Waals surface area contributed by atoms with E-state index in [-0.39, 0.29) is 30.8 Å². The van der Waals surface area contributed by atoms with Crippen LogP contribution in [0.1, 0.15) is 44.2 Å². The minimum atomic E-state index is -0.683. The standard InChI is InChI=1S/C31H37ClN2O4/c1-4-23(2)33-31(36)29(21-24-11-6-5-7-12-24)34(22-25-13-8-9-14-28(25)32)30(35)15-10-20-38-27-18-16-26(37-3)17-19-27/h5-9,11-14,16-19,23,29H,4,10,15,20-22H2,1-3H3,(H,33,36)/t23-,29+/m1/s1. The number of ether oxygens (including phenoxy) is 2. The molecule has 1 N–H and O–H groups in total. The Morgan fingerprint density at radius 2 is 1.61 bits per heavy atom. The van der Waals surface area contributed by atoms with Crippen molar-refractivity contribution < 1.29 is 19.1 Å². The molecule has 0 aliphatic carbocycles. The highest BCUT2D eigenvalue weighted by Crippen LogP contribution is 2.22. The molecule has 2 amide bonds. The lowest BCUT2D eigenvalue weighted by Gasteiger charge is -2.32. The molecule has 0 fully saturated rings. The maximum absolute atomic E-state index is 13.7. The van der Waals surface area contributed by atoms with Gasteiger partial charge in [-0.15, -0.1) is 0 Å². The molecule has 0 saturated heterocycles. The normalized spacial score (nSPS) is 12.3. The van der Waals surface area contributed by atoms with Crippen molar-refractivity contribution in [2.45, 2.75) is 58.2 Å². The number of carbonyl (C=O) groups excluding carboxylic acids is 2. The van der Waals surface area contributed by atoms with Gasteiger partial charge in [-0.2, -0.15) is 0 Å². The number of rotatable bonds is 14. The van der Waals surface area contributed by atoms with Crippen molar-refractivity contribution in [3.63, 3.8) is 0 Å². The van der Waals surface area contributed by atoms with E-state index in [1.807, 2.05) is 86.6 Å². The third kappa shape index (κ3) is 8.80. The highest BCUT2D eigenvalue weighted by Gasteiger charge is 2.31. The van der Waals surface area contributed by atoms with Crippen molar-refractivity contribution in [2.24, 2.45) is 0 Å². The van der Waals surface area contributed by atoms with Crippen molar-refractivity contribution >= 4 is 23.4 Å². The average molecular weight is 537 g/mol. The highest BCUT2D eigenvalue weighted by molar-refractivity contribution is 6.31. The summed E-state index contributed by atoms with van der Waals surface area (Å²) < 4.78 is 11.0. The molecule has 0 spiro atoms. The fraction of sp³-hybridized carbons (Fsp3) is 0.355. The van der Waals surface area contributed by atoms with Gasteiger partial charge in [0, 0.05) is 30.5 Å². The molecular formula is C31H37ClN2O4. The zero-order chi connectivity index (χ0) is 27.3. The van der Waals surface area contributed by atoms with Crippen LogP contribution < -0.4 is 14.8 Å². The first-order valence-electron chi connectivity index (χ1n) is 13.0. The second-order valence-electron chi connectivity index (χ2n) is 9.26. The van der Waals surface area contributed by atoms with Crippen LogP contribution in [0.15, 0.2) is 78.9 Å². The van der Waals surface area contributed by atoms with Gasteiger partial charge >= 0.3 is 0 Å². The average Bonchev–Trinajstić information content (AvgIpc) is 2.94. The predicted molar refractivity (Wildman–Crippen MR) is 152 cm³/mol. The van der Waals surface area contributed by atoms with E-state index in [0.29, 0.717) is 30.2 Å². The molecule has 7 heteroatoms. The molecule has 3 aromatic carbocycles. The van der Waals surface area contributed by atoms with Gasteiger partial charge in [0.05, 0.1) is 13.7 Å². The summed E-state index contributed by atoms with van der Waals surface area (Å²) in [7, 11) is 1.62. The molecule has 0 aliphatic heterocycles. The maximum atomic E-state index is 13.7. The Kier molecular flexibility index (Phi) is 11.5. The number of hydrogen-bond acceptors (Lipinski definition) is 4. The maximum Gasteiger partial charge on any atom is 0.243 e. The van der Waals surface area contributed by atoms with Gasteiger partial charge in [0.15, 0.2) is 0 Å². The fourth-order valence-electron chi connectivity index (χ4n) is 4.03. The van der Waals surface area contributed by atoms with Crippen molar-refractivity contribution in [2.75, 3.05) is 13.7 Å². The van der Waals surface area contributed by atoms with Gasteiger partial charge in [0.1, 0.15) is 17.5 Å². The van der Waals surface area contributed by atoms with Gasteiger partial charge in [0.2, 0.25) is 11.8 Å². The summed E-state index contributed by atoms with van der Waals surface area (Å²) in [6, 6.07) is 23.8. The van der Waals surface area contributed by atoms with Crippen LogP contribution in [0.3, 0.4) is 0 Å². The molecule has 0 saturated carbocycles. The summed E-state index contributed by atoms with van der Waals surface area (Å²) >= 11 is 6.47. The molecule has 0 aromatic heterocycles. The van der Waals surface area contributed by atoms with Gasteiger partial charge in [-0.25, -0.2) is 0 Å². The summed E-state index contributed by atoms with van der Waals surface area (Å²) in [6.45, 7) is 4.60. The molecule has 38 heavy (non-hydrogen) atoms. The molecular weight excluding hydrogens is 500 g/mol. The van der Waals surface area contributed by atoms with E-state index in [4.69, 9.17) is 21.1 Å². The lowest BCUT2D eigenvalue weighted by Crippen LogP contribution is -2.52. The smallest absolute Gasteiger partial charge is 0.243 e. The number of methoxy groups -OCH3 is 1. The first-order valence-corrected chi connectivity index (χ1v) is 13.4. The minimum absolute atomic E-state index is 0.00376. The summed E-state index contributed by atoms with van der Waals surface area (Å²) in [5.74, 6) is 1.17. The minimum Gasteiger partial charge on any atom is -0.497 e. The quantitative estimate of drug-likeness (QED) is 0.254. The third-order valence-corrected chi connectivity index (χ3v) is 6.80. The molecule has 0 heterocycles. The van der Waals surface area contributed by atoms with Crippen molar-refractivity contribution in [3.05, 3.63) is 95.0 Å². The highest BCUT2D eigenvalue weighted by atomic mass is 35.5. The Morgan fingerprint density at radius 3 is 2.26 bits per heavy atom. The SMILES string of the molecule is CC[C@@H](C)NC(=O)[C@H](Cc1ccccc1)N(Cc1ccccc1Cl)C(=O)CCCOc1ccc(OC)cc1. The first kappa shape index (κ1) is 29.1. The molecule has 3 rings (SSSR count). The Balaban J connectivity index is 1.78. The predicted octanol–water partition coefficient (Wildman–Crippen LogP) is 6.06. The zero-order valence-electron chi connectivity index (χ0n) is 22.4. The van der Waals surface area contributed by atoms with Crippen LogP contribution in [0.2, 0.25) is 5.02 Å². The van der Waals surface area contributed by atoms with Crippen molar-refractivity contribution in [3.8, 4) is 11.5 Å². The van der Waals surface area contributed by atoms with E-state index in [2.05, 4.69) is 5.32 Å². The van der Waals surface area contributed by atoms with Crippen molar-refractivity contribution in [1.29, 1.82) is 0 Å². The van der Waals surface area contributed by atoms with Gasteiger partial charge in [0.25, 0.3) is 0 Å². The number of nitrogens with one attached hydrogen (secondary N) is 1. The number of carbonyl (C=O) groups is 2. The molecule has 202 valence electrons. The van der Waals surface area contributed by atoms with Crippen LogP contribution in [0.25, 0.3) is 0 Å². The van der Waals surface area contributed by atoms with Gasteiger partial charge in [-0.05, 0) is 61.2 Å². The molecule has 3 aromatic rings. The van der Waals surface area contributed by atoms with Crippen LogP contribution in [-0.2, 0) is 22.6 Å². The Hall–Kier alpha value is -3.51. The monoisotopic (exact) mass is 536 g/mol. The Bertz CT molecular complexity index is 1150. The van der Waals surface area contributed by atoms with Crippen LogP contribution >= 0.6 is 11.6 Å². The molecule has 0 unspecified atom stereocenters. The Labute approximate surface area is 230 Å². The topological polar surface area (TPSA) is 67.9 Å². The summed E-state index contributed by atoms with van der Waals surface area (Å²) in [5.41, 5.74) is 1.78. The summed E-state index contributed by atoms with van der Waals surface area (Å²) in [4.78, 5) is 28.9. The lowest BCUT2D eigenvalue weighted by atomic mass is 10.0. The number of halogens is 1. The largest absolute Gasteiger partial charge is 0.497 e. The van der Waals surface area contributed by atoms with E-state index in [1.54, 1.807) is 18.1 Å². The number of nitrogens with zero attached hydrogens (tertiary/aromatic N) is 1. The molecule has 6 nitrogen and oxygen atoms in total. The van der Waals surface area contributed by atoms with E-state index in [1.165, 1.54) is 0 Å². The van der Waals surface area contributed by atoms with Crippen LogP contribution in [0.4, 0.5) is 0 Å². The number of amides is 2. The second-order valence-corrected chi connectivity index (χ2v) is 9.67. The van der Waals surface area contributed by atoms with E-state index in [0.717, 1.165) is 23.3 Å². The van der Waals surface area contributed by atoms with E-state index < -0.39 is 6.04 Å². The molecule has 0 radical (unpaired) electrons. The van der Waals surface area contributed by atoms with E-state index >= 15 is 0 Å². The molecule has 0 aliphatic rings. The van der Waals surface area contributed by atoms with E-state index in [9.17, 15) is 9.59 Å². The number of hydrogen-bond donors (Lipinski definition) is 1. The van der Waals surface area contributed by atoms with Gasteiger partial charge < -0.3 is 19.7 Å². The Morgan fingerprint density at radius 1 is 0.947 bits per heavy atom. The molecule has 2 atom stereocenters. The fourth-order valence-corrected chi connectivity index (χ4v) is 4.23. The number of benzene rings is 3. The van der Waals surface area contributed by atoms with Crippen LogP contribution in [0, 0.1) is 0 Å².